The fourth-order valence-electron chi connectivity index (χ4n) is 1.69. The summed E-state index contributed by atoms with van der Waals surface area (Å²) in [5.74, 6) is -0.584. The van der Waals surface area contributed by atoms with Crippen molar-refractivity contribution in [3.05, 3.63) is 57.7 Å². The highest BCUT2D eigenvalue weighted by Gasteiger charge is 2.10. The SMILES string of the molecule is O=C(O)c1cc(NCCc2ccc(Cl)cc2)ncc1Cl. The number of nitrogens with zero attached hydrogens (tertiary/aromatic N) is 1. The van der Waals surface area contributed by atoms with Gasteiger partial charge in [-0.1, -0.05) is 35.3 Å². The van der Waals surface area contributed by atoms with Gasteiger partial charge in [-0.25, -0.2) is 9.78 Å². The molecule has 0 aliphatic rings. The lowest BCUT2D eigenvalue weighted by molar-refractivity contribution is 0.0697. The minimum Gasteiger partial charge on any atom is -0.478 e. The van der Waals surface area contributed by atoms with Gasteiger partial charge in [0.15, 0.2) is 0 Å². The van der Waals surface area contributed by atoms with Crippen molar-refractivity contribution in [2.45, 2.75) is 6.42 Å². The van der Waals surface area contributed by atoms with Crippen LogP contribution in [0.25, 0.3) is 0 Å². The quantitative estimate of drug-likeness (QED) is 0.883. The van der Waals surface area contributed by atoms with Crippen LogP contribution in [0.5, 0.6) is 0 Å². The Balaban J connectivity index is 1.96. The number of pyridine rings is 1. The second-order valence-electron chi connectivity index (χ2n) is 4.16. The number of rotatable bonds is 5. The van der Waals surface area contributed by atoms with E-state index in [1.807, 2.05) is 24.3 Å². The molecule has 0 bridgehead atoms. The van der Waals surface area contributed by atoms with E-state index in [-0.39, 0.29) is 10.6 Å². The van der Waals surface area contributed by atoms with E-state index in [4.69, 9.17) is 28.3 Å². The Labute approximate surface area is 126 Å². The lowest BCUT2D eigenvalue weighted by atomic mass is 10.1. The Kier molecular flexibility index (Phi) is 4.82. The minimum absolute atomic E-state index is 0.0376. The summed E-state index contributed by atoms with van der Waals surface area (Å²) >= 11 is 11.6. The van der Waals surface area contributed by atoms with E-state index >= 15 is 0 Å². The Bertz CT molecular complexity index is 615. The van der Waals surface area contributed by atoms with Gasteiger partial charge < -0.3 is 10.4 Å². The number of benzene rings is 1. The summed E-state index contributed by atoms with van der Waals surface area (Å²) < 4.78 is 0. The van der Waals surface area contributed by atoms with Crippen LogP contribution in [0.2, 0.25) is 10.0 Å². The molecule has 2 N–H and O–H groups in total. The van der Waals surface area contributed by atoms with Gasteiger partial charge >= 0.3 is 5.97 Å². The highest BCUT2D eigenvalue weighted by atomic mass is 35.5. The van der Waals surface area contributed by atoms with E-state index in [2.05, 4.69) is 10.3 Å². The summed E-state index contributed by atoms with van der Waals surface area (Å²) in [6.45, 7) is 0.634. The third-order valence-electron chi connectivity index (χ3n) is 2.72. The monoisotopic (exact) mass is 310 g/mol. The second kappa shape index (κ2) is 6.59. The van der Waals surface area contributed by atoms with Gasteiger partial charge in [-0.15, -0.1) is 0 Å². The summed E-state index contributed by atoms with van der Waals surface area (Å²) in [5, 5.41) is 12.9. The zero-order chi connectivity index (χ0) is 14.5. The van der Waals surface area contributed by atoms with Crippen LogP contribution in [0.15, 0.2) is 36.5 Å². The number of carbonyl (C=O) groups is 1. The van der Waals surface area contributed by atoms with Crippen LogP contribution in [0, 0.1) is 0 Å². The molecule has 6 heteroatoms. The maximum Gasteiger partial charge on any atom is 0.337 e. The summed E-state index contributed by atoms with van der Waals surface area (Å²) in [6, 6.07) is 8.98. The number of aromatic nitrogens is 1. The summed E-state index contributed by atoms with van der Waals surface area (Å²) in [7, 11) is 0. The standard InChI is InChI=1S/C14H12Cl2N2O2/c15-10-3-1-9(2-4-10)5-6-17-13-7-11(14(19)20)12(16)8-18-13/h1-4,7-8H,5-6H2,(H,17,18)(H,19,20). The third-order valence-corrected chi connectivity index (χ3v) is 3.27. The van der Waals surface area contributed by atoms with Gasteiger partial charge in [-0.2, -0.15) is 0 Å². The highest BCUT2D eigenvalue weighted by Crippen LogP contribution is 2.18. The molecule has 0 radical (unpaired) electrons. The Morgan fingerprint density at radius 1 is 1.25 bits per heavy atom. The Hall–Kier alpha value is -1.78. The van der Waals surface area contributed by atoms with Gasteiger partial charge in [0.1, 0.15) is 5.82 Å². The zero-order valence-corrected chi connectivity index (χ0v) is 11.9. The molecule has 0 aliphatic carbocycles. The lowest BCUT2D eigenvalue weighted by Crippen LogP contribution is -2.08. The van der Waals surface area contributed by atoms with Crippen molar-refractivity contribution in [2.75, 3.05) is 11.9 Å². The first kappa shape index (κ1) is 14.6. The molecular formula is C14H12Cl2N2O2. The molecule has 0 saturated heterocycles. The molecule has 0 atom stereocenters. The summed E-state index contributed by atoms with van der Waals surface area (Å²) in [4.78, 5) is 15.0. The van der Waals surface area contributed by atoms with Crippen LogP contribution in [0.4, 0.5) is 5.82 Å². The molecule has 0 amide bonds. The molecule has 0 saturated carbocycles. The average molecular weight is 311 g/mol. The van der Waals surface area contributed by atoms with Crippen molar-refractivity contribution < 1.29 is 9.90 Å². The largest absolute Gasteiger partial charge is 0.478 e. The lowest BCUT2D eigenvalue weighted by Gasteiger charge is -2.07. The van der Waals surface area contributed by atoms with Crippen molar-refractivity contribution in [3.63, 3.8) is 0 Å². The fraction of sp³-hybridized carbons (Fsp3) is 0.143. The summed E-state index contributed by atoms with van der Waals surface area (Å²) in [5.41, 5.74) is 1.17. The predicted molar refractivity (Wildman–Crippen MR) is 79.9 cm³/mol. The molecular weight excluding hydrogens is 299 g/mol. The van der Waals surface area contributed by atoms with Crippen LogP contribution in [-0.4, -0.2) is 22.6 Å². The molecule has 0 spiro atoms. The van der Waals surface area contributed by atoms with E-state index in [0.29, 0.717) is 17.4 Å². The van der Waals surface area contributed by atoms with E-state index in [9.17, 15) is 4.79 Å². The first-order valence-corrected chi connectivity index (χ1v) is 6.69. The smallest absolute Gasteiger partial charge is 0.337 e. The molecule has 1 aromatic heterocycles. The van der Waals surface area contributed by atoms with Gasteiger partial charge in [-0.3, -0.25) is 0 Å². The Morgan fingerprint density at radius 3 is 2.60 bits per heavy atom. The topological polar surface area (TPSA) is 62.2 Å². The third kappa shape index (κ3) is 3.85. The predicted octanol–water partition coefficient (Wildman–Crippen LogP) is 3.74. The van der Waals surface area contributed by atoms with Gasteiger partial charge in [0.25, 0.3) is 0 Å². The van der Waals surface area contributed by atoms with Gasteiger partial charge in [0, 0.05) is 17.8 Å². The van der Waals surface area contributed by atoms with Crippen LogP contribution in [0.1, 0.15) is 15.9 Å². The Morgan fingerprint density at radius 2 is 1.95 bits per heavy atom. The van der Waals surface area contributed by atoms with E-state index < -0.39 is 5.97 Å². The number of halogens is 2. The molecule has 4 nitrogen and oxygen atoms in total. The molecule has 1 aromatic carbocycles. The number of carboxylic acid groups (broad SMARTS) is 1. The van der Waals surface area contributed by atoms with Gasteiger partial charge in [0.2, 0.25) is 0 Å². The number of hydrogen-bond acceptors (Lipinski definition) is 3. The molecule has 0 unspecified atom stereocenters. The summed E-state index contributed by atoms with van der Waals surface area (Å²) in [6.07, 6.45) is 2.11. The van der Waals surface area contributed by atoms with Gasteiger partial charge in [-0.05, 0) is 30.2 Å². The normalized spacial score (nSPS) is 10.3. The van der Waals surface area contributed by atoms with Crippen LogP contribution >= 0.6 is 23.2 Å². The maximum atomic E-state index is 10.9. The highest BCUT2D eigenvalue weighted by molar-refractivity contribution is 6.33. The molecule has 2 rings (SSSR count). The van der Waals surface area contributed by atoms with Crippen molar-refractivity contribution in [1.29, 1.82) is 0 Å². The molecule has 104 valence electrons. The van der Waals surface area contributed by atoms with Crippen LogP contribution in [-0.2, 0) is 6.42 Å². The molecule has 0 aliphatic heterocycles. The molecule has 0 fully saturated rings. The number of nitrogens with one attached hydrogen (secondary N) is 1. The van der Waals surface area contributed by atoms with Crippen molar-refractivity contribution in [2.24, 2.45) is 0 Å². The average Bonchev–Trinajstić information content (AvgIpc) is 2.42. The van der Waals surface area contributed by atoms with E-state index in [0.717, 1.165) is 12.0 Å². The van der Waals surface area contributed by atoms with E-state index in [1.165, 1.54) is 12.3 Å². The number of aromatic carboxylic acids is 1. The maximum absolute atomic E-state index is 10.9. The van der Waals surface area contributed by atoms with Crippen molar-refractivity contribution >= 4 is 35.0 Å². The minimum atomic E-state index is -1.07. The van der Waals surface area contributed by atoms with Crippen LogP contribution < -0.4 is 5.32 Å². The van der Waals surface area contributed by atoms with Crippen molar-refractivity contribution in [1.82, 2.24) is 4.98 Å². The number of hydrogen-bond donors (Lipinski definition) is 2. The van der Waals surface area contributed by atoms with E-state index in [1.54, 1.807) is 0 Å². The first-order valence-electron chi connectivity index (χ1n) is 5.93. The second-order valence-corrected chi connectivity index (χ2v) is 5.00. The van der Waals surface area contributed by atoms with Crippen LogP contribution in [0.3, 0.4) is 0 Å². The zero-order valence-electron chi connectivity index (χ0n) is 10.4. The number of carboxylic acids is 1. The van der Waals surface area contributed by atoms with Gasteiger partial charge in [0.05, 0.1) is 10.6 Å². The number of anilines is 1. The molecule has 2 aromatic rings. The molecule has 20 heavy (non-hydrogen) atoms. The first-order chi connectivity index (χ1) is 9.56. The fourth-order valence-corrected chi connectivity index (χ4v) is 2.00. The molecule has 1 heterocycles. The van der Waals surface area contributed by atoms with Crippen molar-refractivity contribution in [3.8, 4) is 0 Å².